The standard InChI is InChI=1S/C15H25N3S/c1-3-6-16-15-10-13(5-7-17-15)11-18-8-9-19-14(4-2)12-18/h5,7,10,14H,3-4,6,8-9,11-12H2,1-2H3,(H,16,17). The molecule has 0 bridgehead atoms. The van der Waals surface area contributed by atoms with Crippen LogP contribution in [0.1, 0.15) is 32.3 Å². The van der Waals surface area contributed by atoms with Crippen LogP contribution in [-0.4, -0.2) is 40.5 Å². The maximum atomic E-state index is 4.37. The second kappa shape index (κ2) is 7.75. The van der Waals surface area contributed by atoms with Gasteiger partial charge < -0.3 is 5.32 Å². The third-order valence-electron chi connectivity index (χ3n) is 3.46. The molecule has 106 valence electrons. The van der Waals surface area contributed by atoms with Gasteiger partial charge in [0.2, 0.25) is 0 Å². The molecular formula is C15H25N3S. The molecule has 0 saturated carbocycles. The molecule has 0 aromatic carbocycles. The van der Waals surface area contributed by atoms with Crippen molar-refractivity contribution < 1.29 is 0 Å². The summed E-state index contributed by atoms with van der Waals surface area (Å²) in [5.41, 5.74) is 1.37. The summed E-state index contributed by atoms with van der Waals surface area (Å²) in [5.74, 6) is 2.28. The minimum Gasteiger partial charge on any atom is -0.370 e. The van der Waals surface area contributed by atoms with Crippen molar-refractivity contribution in [2.75, 3.05) is 30.7 Å². The number of hydrogen-bond donors (Lipinski definition) is 1. The molecule has 1 aliphatic heterocycles. The normalized spacial score (nSPS) is 20.4. The van der Waals surface area contributed by atoms with E-state index in [4.69, 9.17) is 0 Å². The highest BCUT2D eigenvalue weighted by molar-refractivity contribution is 8.00. The molecule has 2 rings (SSSR count). The molecule has 1 saturated heterocycles. The topological polar surface area (TPSA) is 28.2 Å². The predicted octanol–water partition coefficient (Wildman–Crippen LogP) is 3.23. The van der Waals surface area contributed by atoms with Crippen LogP contribution in [0.15, 0.2) is 18.3 Å². The molecule has 0 aliphatic carbocycles. The zero-order valence-electron chi connectivity index (χ0n) is 12.1. The largest absolute Gasteiger partial charge is 0.370 e. The lowest BCUT2D eigenvalue weighted by Crippen LogP contribution is -2.37. The summed E-state index contributed by atoms with van der Waals surface area (Å²) in [4.78, 5) is 6.94. The Labute approximate surface area is 121 Å². The average molecular weight is 279 g/mol. The van der Waals surface area contributed by atoms with E-state index in [2.05, 4.69) is 52.9 Å². The Morgan fingerprint density at radius 3 is 3.16 bits per heavy atom. The van der Waals surface area contributed by atoms with Gasteiger partial charge in [0.15, 0.2) is 0 Å². The van der Waals surface area contributed by atoms with Crippen LogP contribution >= 0.6 is 11.8 Å². The summed E-state index contributed by atoms with van der Waals surface area (Å²) in [6, 6.07) is 4.33. The fraction of sp³-hybridized carbons (Fsp3) is 0.667. The molecule has 1 aromatic rings. The Balaban J connectivity index is 1.90. The maximum Gasteiger partial charge on any atom is 0.126 e. The molecule has 1 fully saturated rings. The van der Waals surface area contributed by atoms with Crippen LogP contribution in [0.4, 0.5) is 5.82 Å². The monoisotopic (exact) mass is 279 g/mol. The minimum absolute atomic E-state index is 0.813. The van der Waals surface area contributed by atoms with Crippen LogP contribution in [-0.2, 0) is 6.54 Å². The van der Waals surface area contributed by atoms with Crippen LogP contribution in [0.2, 0.25) is 0 Å². The third-order valence-corrected chi connectivity index (χ3v) is 4.84. The van der Waals surface area contributed by atoms with E-state index in [1.54, 1.807) is 0 Å². The van der Waals surface area contributed by atoms with Gasteiger partial charge in [0.25, 0.3) is 0 Å². The van der Waals surface area contributed by atoms with Crippen LogP contribution in [0.3, 0.4) is 0 Å². The first kappa shape index (κ1) is 14.7. The Morgan fingerprint density at radius 2 is 2.37 bits per heavy atom. The molecule has 1 unspecified atom stereocenters. The number of thioether (sulfide) groups is 1. The third kappa shape index (κ3) is 4.69. The molecule has 1 N–H and O–H groups in total. The van der Waals surface area contributed by atoms with Crippen molar-refractivity contribution in [2.24, 2.45) is 0 Å². The van der Waals surface area contributed by atoms with E-state index in [1.807, 2.05) is 6.20 Å². The second-order valence-electron chi connectivity index (χ2n) is 5.11. The lowest BCUT2D eigenvalue weighted by Gasteiger charge is -2.31. The number of hydrogen-bond acceptors (Lipinski definition) is 4. The second-order valence-corrected chi connectivity index (χ2v) is 6.52. The van der Waals surface area contributed by atoms with Crippen molar-refractivity contribution in [2.45, 2.75) is 38.5 Å². The summed E-state index contributed by atoms with van der Waals surface area (Å²) < 4.78 is 0. The molecule has 2 heterocycles. The average Bonchev–Trinajstić information content (AvgIpc) is 2.46. The molecule has 1 atom stereocenters. The fourth-order valence-electron chi connectivity index (χ4n) is 2.35. The summed E-state index contributed by atoms with van der Waals surface area (Å²) in [6.07, 6.45) is 4.33. The van der Waals surface area contributed by atoms with Gasteiger partial charge in [0.1, 0.15) is 5.82 Å². The van der Waals surface area contributed by atoms with Crippen molar-refractivity contribution in [3.05, 3.63) is 23.9 Å². The van der Waals surface area contributed by atoms with E-state index in [1.165, 1.54) is 30.8 Å². The summed E-state index contributed by atoms with van der Waals surface area (Å²) in [7, 11) is 0. The van der Waals surface area contributed by atoms with Gasteiger partial charge >= 0.3 is 0 Å². The number of nitrogens with zero attached hydrogens (tertiary/aromatic N) is 2. The van der Waals surface area contributed by atoms with E-state index < -0.39 is 0 Å². The molecule has 0 amide bonds. The maximum absolute atomic E-state index is 4.37. The predicted molar refractivity (Wildman–Crippen MR) is 84.8 cm³/mol. The fourth-order valence-corrected chi connectivity index (χ4v) is 3.60. The van der Waals surface area contributed by atoms with Gasteiger partial charge in [0, 0.05) is 43.4 Å². The van der Waals surface area contributed by atoms with E-state index in [-0.39, 0.29) is 0 Å². The van der Waals surface area contributed by atoms with E-state index in [0.717, 1.165) is 30.6 Å². The molecule has 0 spiro atoms. The number of pyridine rings is 1. The lowest BCUT2D eigenvalue weighted by atomic mass is 10.2. The molecule has 1 aliphatic rings. The van der Waals surface area contributed by atoms with Crippen LogP contribution in [0, 0.1) is 0 Å². The van der Waals surface area contributed by atoms with Crippen LogP contribution < -0.4 is 5.32 Å². The number of aromatic nitrogens is 1. The first-order valence-electron chi connectivity index (χ1n) is 7.34. The van der Waals surface area contributed by atoms with Crippen molar-refractivity contribution in [1.29, 1.82) is 0 Å². The Morgan fingerprint density at radius 1 is 1.47 bits per heavy atom. The molecule has 1 aromatic heterocycles. The molecular weight excluding hydrogens is 254 g/mol. The van der Waals surface area contributed by atoms with Crippen LogP contribution in [0.25, 0.3) is 0 Å². The SMILES string of the molecule is CCCNc1cc(CN2CCSC(CC)C2)ccn1. The molecule has 4 heteroatoms. The van der Waals surface area contributed by atoms with E-state index in [9.17, 15) is 0 Å². The smallest absolute Gasteiger partial charge is 0.126 e. The van der Waals surface area contributed by atoms with Gasteiger partial charge in [-0.3, -0.25) is 4.90 Å². The Hall–Kier alpha value is -0.740. The van der Waals surface area contributed by atoms with Crippen molar-refractivity contribution in [3.63, 3.8) is 0 Å². The van der Waals surface area contributed by atoms with Crippen molar-refractivity contribution in [3.8, 4) is 0 Å². The van der Waals surface area contributed by atoms with Gasteiger partial charge in [-0.2, -0.15) is 11.8 Å². The lowest BCUT2D eigenvalue weighted by molar-refractivity contribution is 0.273. The number of rotatable bonds is 6. The van der Waals surface area contributed by atoms with Gasteiger partial charge in [-0.1, -0.05) is 13.8 Å². The Kier molecular flexibility index (Phi) is 5.98. The molecule has 0 radical (unpaired) electrons. The highest BCUT2D eigenvalue weighted by Gasteiger charge is 2.18. The van der Waals surface area contributed by atoms with E-state index >= 15 is 0 Å². The van der Waals surface area contributed by atoms with E-state index in [0.29, 0.717) is 0 Å². The van der Waals surface area contributed by atoms with Gasteiger partial charge in [-0.05, 0) is 30.5 Å². The molecule has 19 heavy (non-hydrogen) atoms. The first-order valence-corrected chi connectivity index (χ1v) is 8.39. The minimum atomic E-state index is 0.813. The summed E-state index contributed by atoms with van der Waals surface area (Å²) in [5, 5.41) is 4.17. The van der Waals surface area contributed by atoms with Gasteiger partial charge in [-0.25, -0.2) is 4.98 Å². The highest BCUT2D eigenvalue weighted by Crippen LogP contribution is 2.22. The molecule has 3 nitrogen and oxygen atoms in total. The zero-order valence-corrected chi connectivity index (χ0v) is 12.9. The number of anilines is 1. The van der Waals surface area contributed by atoms with Crippen molar-refractivity contribution >= 4 is 17.6 Å². The zero-order chi connectivity index (χ0) is 13.5. The summed E-state index contributed by atoms with van der Waals surface area (Å²) >= 11 is 2.13. The van der Waals surface area contributed by atoms with Gasteiger partial charge in [0.05, 0.1) is 0 Å². The van der Waals surface area contributed by atoms with Crippen LogP contribution in [0.5, 0.6) is 0 Å². The van der Waals surface area contributed by atoms with Crippen molar-refractivity contribution in [1.82, 2.24) is 9.88 Å². The summed E-state index contributed by atoms with van der Waals surface area (Å²) in [6.45, 7) is 8.95. The number of nitrogens with one attached hydrogen (secondary N) is 1. The quantitative estimate of drug-likeness (QED) is 0.865. The van der Waals surface area contributed by atoms with Gasteiger partial charge in [-0.15, -0.1) is 0 Å². The first-order chi connectivity index (χ1) is 9.31. The highest BCUT2D eigenvalue weighted by atomic mass is 32.2. The Bertz CT molecular complexity index is 383.